The van der Waals surface area contributed by atoms with Crippen molar-refractivity contribution < 1.29 is 14.0 Å². The first kappa shape index (κ1) is 15.6. The molecule has 0 saturated heterocycles. The lowest BCUT2D eigenvalue weighted by Crippen LogP contribution is -2.26. The molecule has 1 aromatic heterocycles. The van der Waals surface area contributed by atoms with E-state index >= 15 is 0 Å². The van der Waals surface area contributed by atoms with Crippen molar-refractivity contribution in [1.82, 2.24) is 10.6 Å². The van der Waals surface area contributed by atoms with Crippen molar-refractivity contribution in [3.63, 3.8) is 0 Å². The van der Waals surface area contributed by atoms with Crippen molar-refractivity contribution in [3.8, 4) is 0 Å². The molecule has 5 nitrogen and oxygen atoms in total. The summed E-state index contributed by atoms with van der Waals surface area (Å²) in [5, 5.41) is 6.79. The Labute approximate surface area is 135 Å². The number of hydrogen-bond acceptors (Lipinski definition) is 3. The van der Waals surface area contributed by atoms with Gasteiger partial charge in [0.05, 0.1) is 12.7 Å². The molecule has 2 N–H and O–H groups in total. The van der Waals surface area contributed by atoms with Gasteiger partial charge in [-0.1, -0.05) is 6.07 Å². The maximum atomic E-state index is 11.7. The predicted molar refractivity (Wildman–Crippen MR) is 88.0 cm³/mol. The molecule has 122 valence electrons. The Kier molecular flexibility index (Phi) is 4.65. The van der Waals surface area contributed by atoms with E-state index in [0.717, 1.165) is 41.4 Å². The van der Waals surface area contributed by atoms with Crippen molar-refractivity contribution in [2.45, 2.75) is 32.6 Å². The summed E-state index contributed by atoms with van der Waals surface area (Å²) in [5.41, 5.74) is 2.84. The Morgan fingerprint density at radius 1 is 1.26 bits per heavy atom. The Hall–Kier alpha value is -2.30. The number of amides is 2. The third-order valence-corrected chi connectivity index (χ3v) is 4.10. The molecule has 0 unspecified atom stereocenters. The minimum Gasteiger partial charge on any atom is -0.464 e. The lowest BCUT2D eigenvalue weighted by atomic mass is 10.1. The summed E-state index contributed by atoms with van der Waals surface area (Å²) in [4.78, 5) is 23.4. The van der Waals surface area contributed by atoms with Crippen LogP contribution in [-0.4, -0.2) is 24.9 Å². The van der Waals surface area contributed by atoms with E-state index in [0.29, 0.717) is 19.5 Å². The maximum Gasteiger partial charge on any atom is 0.224 e. The Bertz CT molecular complexity index is 716. The van der Waals surface area contributed by atoms with Gasteiger partial charge in [0.1, 0.15) is 5.58 Å². The number of likely N-dealkylation sites (N-methyl/N-ethyl adjacent to an activating group) is 1. The monoisotopic (exact) mass is 314 g/mol. The van der Waals surface area contributed by atoms with Crippen LogP contribution < -0.4 is 10.6 Å². The lowest BCUT2D eigenvalue weighted by Gasteiger charge is -2.04. The van der Waals surface area contributed by atoms with E-state index < -0.39 is 0 Å². The van der Waals surface area contributed by atoms with Crippen LogP contribution in [0.15, 0.2) is 28.9 Å². The fourth-order valence-electron chi connectivity index (χ4n) is 2.69. The zero-order valence-electron chi connectivity index (χ0n) is 13.4. The second-order valence-corrected chi connectivity index (χ2v) is 6.04. The van der Waals surface area contributed by atoms with Gasteiger partial charge >= 0.3 is 0 Å². The number of carbonyl (C=O) groups is 2. The van der Waals surface area contributed by atoms with Gasteiger partial charge in [-0.25, -0.2) is 0 Å². The number of benzene rings is 1. The van der Waals surface area contributed by atoms with Crippen LogP contribution in [0, 0.1) is 5.92 Å². The lowest BCUT2D eigenvalue weighted by molar-refractivity contribution is -0.122. The van der Waals surface area contributed by atoms with Gasteiger partial charge in [0.2, 0.25) is 11.8 Å². The van der Waals surface area contributed by atoms with E-state index in [4.69, 9.17) is 4.42 Å². The zero-order chi connectivity index (χ0) is 16.2. The molecule has 0 spiro atoms. The second-order valence-electron chi connectivity index (χ2n) is 6.04. The van der Waals surface area contributed by atoms with Crippen LogP contribution in [0.5, 0.6) is 0 Å². The molecule has 0 bridgehead atoms. The highest BCUT2D eigenvalue weighted by molar-refractivity contribution is 5.85. The third-order valence-electron chi connectivity index (χ3n) is 4.10. The van der Waals surface area contributed by atoms with E-state index in [1.807, 2.05) is 25.1 Å². The van der Waals surface area contributed by atoms with Crippen LogP contribution in [0.2, 0.25) is 0 Å². The van der Waals surface area contributed by atoms with Gasteiger partial charge in [0, 0.05) is 24.4 Å². The number of fused-ring (bicyclic) bond motifs is 1. The molecule has 1 aromatic carbocycles. The predicted octanol–water partition coefficient (Wildman–Crippen LogP) is 2.18. The van der Waals surface area contributed by atoms with Crippen molar-refractivity contribution in [2.75, 3.05) is 13.1 Å². The van der Waals surface area contributed by atoms with Gasteiger partial charge in [-0.2, -0.15) is 0 Å². The molecular weight excluding hydrogens is 292 g/mol. The fraction of sp³-hybridized carbons (Fsp3) is 0.444. The molecule has 0 radical (unpaired) electrons. The van der Waals surface area contributed by atoms with E-state index in [1.54, 1.807) is 6.26 Å². The molecular formula is C18H22N2O3. The average Bonchev–Trinajstić information content (AvgIpc) is 3.30. The molecule has 0 atom stereocenters. The van der Waals surface area contributed by atoms with Gasteiger partial charge in [-0.3, -0.25) is 9.59 Å². The average molecular weight is 314 g/mol. The summed E-state index contributed by atoms with van der Waals surface area (Å²) in [6, 6.07) is 5.82. The first-order valence-electron chi connectivity index (χ1n) is 8.20. The number of furan rings is 1. The van der Waals surface area contributed by atoms with Crippen LogP contribution in [0.3, 0.4) is 0 Å². The van der Waals surface area contributed by atoms with Gasteiger partial charge in [0.25, 0.3) is 0 Å². The van der Waals surface area contributed by atoms with Crippen LogP contribution in [0.1, 0.15) is 30.9 Å². The van der Waals surface area contributed by atoms with Gasteiger partial charge < -0.3 is 15.1 Å². The largest absolute Gasteiger partial charge is 0.464 e. The number of rotatable bonds is 7. The van der Waals surface area contributed by atoms with E-state index in [9.17, 15) is 9.59 Å². The van der Waals surface area contributed by atoms with Crippen LogP contribution in [-0.2, 0) is 22.4 Å². The number of carbonyl (C=O) groups excluding carboxylic acids is 2. The molecule has 2 aromatic rings. The first-order valence-corrected chi connectivity index (χ1v) is 8.20. The highest BCUT2D eigenvalue weighted by Gasteiger charge is 2.29. The van der Waals surface area contributed by atoms with Gasteiger partial charge in [-0.15, -0.1) is 0 Å². The molecule has 0 aliphatic heterocycles. The molecule has 1 fully saturated rings. The van der Waals surface area contributed by atoms with Gasteiger partial charge in [0.15, 0.2) is 0 Å². The Balaban J connectivity index is 1.65. The third kappa shape index (κ3) is 3.92. The number of hydrogen-bond donors (Lipinski definition) is 2. The molecule has 1 aliphatic carbocycles. The molecule has 23 heavy (non-hydrogen) atoms. The second kappa shape index (κ2) is 6.86. The minimum atomic E-state index is 0.0218. The highest BCUT2D eigenvalue weighted by atomic mass is 16.3. The maximum absolute atomic E-state index is 11.7. The van der Waals surface area contributed by atoms with Crippen LogP contribution >= 0.6 is 0 Å². The quantitative estimate of drug-likeness (QED) is 0.823. The fourth-order valence-corrected chi connectivity index (χ4v) is 2.69. The molecule has 1 saturated carbocycles. The number of nitrogens with one attached hydrogen (secondary N) is 2. The molecule has 1 aliphatic rings. The molecule has 3 rings (SSSR count). The van der Waals surface area contributed by atoms with Crippen LogP contribution in [0.4, 0.5) is 0 Å². The SMILES string of the molecule is CCNC(=O)Cc1ccc2occ(CCNC(=O)C3CC3)c2c1. The van der Waals surface area contributed by atoms with Crippen molar-refractivity contribution >= 4 is 22.8 Å². The zero-order valence-corrected chi connectivity index (χ0v) is 13.4. The smallest absolute Gasteiger partial charge is 0.224 e. The summed E-state index contributed by atoms with van der Waals surface area (Å²) < 4.78 is 5.56. The Morgan fingerprint density at radius 3 is 2.83 bits per heavy atom. The summed E-state index contributed by atoms with van der Waals surface area (Å²) >= 11 is 0. The van der Waals surface area contributed by atoms with E-state index in [2.05, 4.69) is 10.6 Å². The summed E-state index contributed by atoms with van der Waals surface area (Å²) in [6.07, 6.45) is 4.88. The van der Waals surface area contributed by atoms with Gasteiger partial charge in [-0.05, 0) is 49.4 Å². The highest BCUT2D eigenvalue weighted by Crippen LogP contribution is 2.28. The summed E-state index contributed by atoms with van der Waals surface area (Å²) in [5.74, 6) is 0.420. The van der Waals surface area contributed by atoms with Crippen LogP contribution in [0.25, 0.3) is 11.0 Å². The molecule has 1 heterocycles. The van der Waals surface area contributed by atoms with Crippen molar-refractivity contribution in [2.24, 2.45) is 5.92 Å². The first-order chi connectivity index (χ1) is 11.2. The van der Waals surface area contributed by atoms with E-state index in [1.165, 1.54) is 0 Å². The van der Waals surface area contributed by atoms with Crippen molar-refractivity contribution in [1.29, 1.82) is 0 Å². The summed E-state index contributed by atoms with van der Waals surface area (Å²) in [6.45, 7) is 3.16. The Morgan fingerprint density at radius 2 is 2.09 bits per heavy atom. The summed E-state index contributed by atoms with van der Waals surface area (Å²) in [7, 11) is 0. The minimum absolute atomic E-state index is 0.0218. The molecule has 5 heteroatoms. The van der Waals surface area contributed by atoms with Crippen molar-refractivity contribution in [3.05, 3.63) is 35.6 Å². The molecule has 2 amide bonds. The normalized spacial score (nSPS) is 14.0. The topological polar surface area (TPSA) is 71.3 Å². The van der Waals surface area contributed by atoms with E-state index in [-0.39, 0.29) is 17.7 Å². The standard InChI is InChI=1S/C18H22N2O3/c1-2-19-17(21)10-12-3-6-16-15(9-12)14(11-23-16)7-8-20-18(22)13-4-5-13/h3,6,9,11,13H,2,4-5,7-8,10H2,1H3,(H,19,21)(H,20,22).